The Labute approximate surface area is 123 Å². The fourth-order valence-corrected chi connectivity index (χ4v) is 3.42. The van der Waals surface area contributed by atoms with Gasteiger partial charge in [0.05, 0.1) is 12.5 Å². The molecule has 2 N–H and O–H groups in total. The van der Waals surface area contributed by atoms with Crippen LogP contribution < -0.4 is 10.6 Å². The van der Waals surface area contributed by atoms with E-state index in [1.54, 1.807) is 11.3 Å². The number of thiophene rings is 1. The number of carbonyl (C=O) groups is 1. The summed E-state index contributed by atoms with van der Waals surface area (Å²) in [4.78, 5) is 14.9. The molecule has 4 heteroatoms. The number of benzene rings is 1. The molecule has 0 saturated carbocycles. The Morgan fingerprint density at radius 3 is 2.90 bits per heavy atom. The lowest BCUT2D eigenvalue weighted by molar-refractivity contribution is -0.122. The van der Waals surface area contributed by atoms with Crippen LogP contribution in [0.25, 0.3) is 0 Å². The van der Waals surface area contributed by atoms with Crippen molar-refractivity contribution in [3.8, 4) is 0 Å². The molecule has 1 amide bonds. The Kier molecular flexibility index (Phi) is 3.74. The highest BCUT2D eigenvalue weighted by atomic mass is 32.1. The van der Waals surface area contributed by atoms with Crippen molar-refractivity contribution < 1.29 is 4.79 Å². The third kappa shape index (κ3) is 2.56. The molecule has 1 aliphatic rings. The molecular formula is C16H18N2OS. The van der Waals surface area contributed by atoms with Gasteiger partial charge in [-0.05, 0) is 30.2 Å². The first-order chi connectivity index (χ1) is 9.78. The molecule has 1 aromatic carbocycles. The molecule has 1 aromatic heterocycles. The molecule has 2 aromatic rings. The van der Waals surface area contributed by atoms with E-state index in [2.05, 4.69) is 29.7 Å². The van der Waals surface area contributed by atoms with E-state index >= 15 is 0 Å². The number of fused-ring (bicyclic) bond motifs is 1. The summed E-state index contributed by atoms with van der Waals surface area (Å²) < 4.78 is 0. The van der Waals surface area contributed by atoms with E-state index in [1.165, 1.54) is 9.75 Å². The number of rotatable bonds is 4. The summed E-state index contributed by atoms with van der Waals surface area (Å²) in [7, 11) is 0. The molecule has 1 unspecified atom stereocenters. The van der Waals surface area contributed by atoms with Crippen LogP contribution in [0.3, 0.4) is 0 Å². The molecule has 0 radical (unpaired) electrons. The predicted molar refractivity (Wildman–Crippen MR) is 83.2 cm³/mol. The number of hydrogen-bond acceptors (Lipinski definition) is 3. The van der Waals surface area contributed by atoms with Gasteiger partial charge in [0.25, 0.3) is 0 Å². The van der Waals surface area contributed by atoms with E-state index in [1.807, 2.05) is 24.3 Å². The van der Waals surface area contributed by atoms with Gasteiger partial charge in [-0.2, -0.15) is 0 Å². The van der Waals surface area contributed by atoms with Gasteiger partial charge in [0.15, 0.2) is 0 Å². The molecule has 2 heterocycles. The largest absolute Gasteiger partial charge is 0.384 e. The minimum Gasteiger partial charge on any atom is -0.384 e. The van der Waals surface area contributed by atoms with Crippen LogP contribution in [0.2, 0.25) is 0 Å². The molecule has 0 spiro atoms. The number of hydrogen-bond donors (Lipinski definition) is 2. The Hall–Kier alpha value is -1.81. The molecule has 104 valence electrons. The molecule has 1 atom stereocenters. The Morgan fingerprint density at radius 1 is 1.30 bits per heavy atom. The van der Waals surface area contributed by atoms with Crippen molar-refractivity contribution in [2.24, 2.45) is 0 Å². The summed E-state index contributed by atoms with van der Waals surface area (Å²) in [5.74, 6) is 0.0331. The summed E-state index contributed by atoms with van der Waals surface area (Å²) >= 11 is 1.77. The van der Waals surface area contributed by atoms with Crippen molar-refractivity contribution in [3.63, 3.8) is 0 Å². The number of amides is 1. The number of nitrogens with one attached hydrogen (secondary N) is 2. The van der Waals surface area contributed by atoms with Gasteiger partial charge in [-0.15, -0.1) is 11.3 Å². The average Bonchev–Trinajstić information content (AvgIpc) is 3.11. The molecule has 1 aliphatic heterocycles. The lowest BCUT2D eigenvalue weighted by atomic mass is 10.0. The van der Waals surface area contributed by atoms with Crippen molar-refractivity contribution in [3.05, 3.63) is 51.7 Å². The first kappa shape index (κ1) is 13.2. The second-order valence-electron chi connectivity index (χ2n) is 4.96. The van der Waals surface area contributed by atoms with Crippen LogP contribution in [0.5, 0.6) is 0 Å². The van der Waals surface area contributed by atoms with Gasteiger partial charge >= 0.3 is 0 Å². The molecular weight excluding hydrogens is 268 g/mol. The quantitative estimate of drug-likeness (QED) is 0.906. The van der Waals surface area contributed by atoms with Gasteiger partial charge in [0, 0.05) is 22.0 Å². The average molecular weight is 286 g/mol. The van der Waals surface area contributed by atoms with Crippen LogP contribution in [-0.4, -0.2) is 12.5 Å². The van der Waals surface area contributed by atoms with Gasteiger partial charge in [0.1, 0.15) is 0 Å². The normalized spacial score (nSPS) is 16.6. The molecule has 0 saturated heterocycles. The van der Waals surface area contributed by atoms with Crippen molar-refractivity contribution in [2.45, 2.75) is 25.8 Å². The van der Waals surface area contributed by atoms with E-state index < -0.39 is 0 Å². The molecule has 0 bridgehead atoms. The van der Waals surface area contributed by atoms with Crippen LogP contribution in [0.15, 0.2) is 36.4 Å². The standard InChI is InChI=1S/C16H18N2OS/c1-2-11-7-8-12(20-11)9-18-16(19)14-10-17-15-6-4-3-5-13(14)15/h3-8,14,17H,2,9-10H2,1H3,(H,18,19). The number of para-hydroxylation sites is 1. The van der Waals surface area contributed by atoms with Crippen LogP contribution in [-0.2, 0) is 17.8 Å². The number of anilines is 1. The van der Waals surface area contributed by atoms with E-state index in [9.17, 15) is 4.79 Å². The smallest absolute Gasteiger partial charge is 0.229 e. The van der Waals surface area contributed by atoms with Gasteiger partial charge in [0.2, 0.25) is 5.91 Å². The van der Waals surface area contributed by atoms with E-state index in [0.29, 0.717) is 13.1 Å². The molecule has 0 aliphatic carbocycles. The third-order valence-electron chi connectivity index (χ3n) is 3.65. The van der Waals surface area contributed by atoms with Gasteiger partial charge in [-0.25, -0.2) is 0 Å². The number of aryl methyl sites for hydroxylation is 1. The summed E-state index contributed by atoms with van der Waals surface area (Å²) in [5.41, 5.74) is 2.18. The molecule has 3 rings (SSSR count). The van der Waals surface area contributed by atoms with Gasteiger partial charge in [-0.3, -0.25) is 4.79 Å². The fourth-order valence-electron chi connectivity index (χ4n) is 2.52. The minimum absolute atomic E-state index is 0.0724. The Bertz CT molecular complexity index is 620. The summed E-state index contributed by atoms with van der Waals surface area (Å²) in [6.07, 6.45) is 1.05. The molecule has 3 nitrogen and oxygen atoms in total. The second kappa shape index (κ2) is 5.67. The summed E-state index contributed by atoms with van der Waals surface area (Å²) in [6.45, 7) is 3.47. The number of carbonyl (C=O) groups excluding carboxylic acids is 1. The van der Waals surface area contributed by atoms with Crippen molar-refractivity contribution in [1.82, 2.24) is 5.32 Å². The highest BCUT2D eigenvalue weighted by Gasteiger charge is 2.27. The minimum atomic E-state index is -0.0724. The molecule has 0 fully saturated rings. The maximum atomic E-state index is 12.3. The predicted octanol–water partition coefficient (Wildman–Crippen LogP) is 3.14. The van der Waals surface area contributed by atoms with Crippen LogP contribution in [0, 0.1) is 0 Å². The second-order valence-corrected chi connectivity index (χ2v) is 6.21. The lowest BCUT2D eigenvalue weighted by Gasteiger charge is -2.10. The SMILES string of the molecule is CCc1ccc(CNC(=O)C2CNc3ccccc32)s1. The zero-order valence-corrected chi connectivity index (χ0v) is 12.3. The van der Waals surface area contributed by atoms with E-state index in [4.69, 9.17) is 0 Å². The Balaban J connectivity index is 1.63. The van der Waals surface area contributed by atoms with E-state index in [0.717, 1.165) is 17.7 Å². The highest BCUT2D eigenvalue weighted by Crippen LogP contribution is 2.31. The van der Waals surface area contributed by atoms with Crippen molar-refractivity contribution in [2.75, 3.05) is 11.9 Å². The first-order valence-electron chi connectivity index (χ1n) is 6.96. The van der Waals surface area contributed by atoms with Crippen LogP contribution >= 0.6 is 11.3 Å². The molecule has 20 heavy (non-hydrogen) atoms. The van der Waals surface area contributed by atoms with Crippen molar-refractivity contribution >= 4 is 22.9 Å². The first-order valence-corrected chi connectivity index (χ1v) is 7.77. The fraction of sp³-hybridized carbons (Fsp3) is 0.312. The zero-order chi connectivity index (χ0) is 13.9. The zero-order valence-electron chi connectivity index (χ0n) is 11.5. The van der Waals surface area contributed by atoms with Gasteiger partial charge < -0.3 is 10.6 Å². The maximum absolute atomic E-state index is 12.3. The monoisotopic (exact) mass is 286 g/mol. The maximum Gasteiger partial charge on any atom is 0.229 e. The van der Waals surface area contributed by atoms with Gasteiger partial charge in [-0.1, -0.05) is 25.1 Å². The highest BCUT2D eigenvalue weighted by molar-refractivity contribution is 7.11. The third-order valence-corrected chi connectivity index (χ3v) is 4.88. The van der Waals surface area contributed by atoms with Crippen LogP contribution in [0.4, 0.5) is 5.69 Å². The lowest BCUT2D eigenvalue weighted by Crippen LogP contribution is -2.29. The Morgan fingerprint density at radius 2 is 2.10 bits per heavy atom. The van der Waals surface area contributed by atoms with Crippen LogP contribution in [0.1, 0.15) is 28.2 Å². The topological polar surface area (TPSA) is 41.1 Å². The summed E-state index contributed by atoms with van der Waals surface area (Å²) in [6, 6.07) is 12.3. The van der Waals surface area contributed by atoms with E-state index in [-0.39, 0.29) is 11.8 Å². The summed E-state index contributed by atoms with van der Waals surface area (Å²) in [5, 5.41) is 6.33. The van der Waals surface area contributed by atoms with Crippen molar-refractivity contribution in [1.29, 1.82) is 0 Å².